The number of hydrogen-bond donors (Lipinski definition) is 1. The van der Waals surface area contributed by atoms with E-state index in [4.69, 9.17) is 4.74 Å². The minimum absolute atomic E-state index is 0.0672. The van der Waals surface area contributed by atoms with Crippen LogP contribution < -0.4 is 5.32 Å². The molecule has 2 heterocycles. The van der Waals surface area contributed by atoms with Crippen molar-refractivity contribution in [3.05, 3.63) is 70.3 Å². The molecule has 0 bridgehead atoms. The highest BCUT2D eigenvalue weighted by molar-refractivity contribution is 5.94. The Labute approximate surface area is 199 Å². The molecule has 2 saturated heterocycles. The molecule has 0 radical (unpaired) electrons. The fourth-order valence-electron chi connectivity index (χ4n) is 4.65. The number of piperidine rings is 1. The second-order valence-corrected chi connectivity index (χ2v) is 8.62. The van der Waals surface area contributed by atoms with Crippen LogP contribution in [0.3, 0.4) is 0 Å². The van der Waals surface area contributed by atoms with E-state index in [1.54, 1.807) is 0 Å². The summed E-state index contributed by atoms with van der Waals surface area (Å²) in [7, 11) is 0. The van der Waals surface area contributed by atoms with Crippen LogP contribution in [-0.4, -0.2) is 42.1 Å². The third-order valence-electron chi connectivity index (χ3n) is 6.47. The third-order valence-corrected chi connectivity index (χ3v) is 6.47. The predicted octanol–water partition coefficient (Wildman–Crippen LogP) is 5.50. The molecule has 194 valence electrons. The van der Waals surface area contributed by atoms with Gasteiger partial charge in [0.05, 0.1) is 11.1 Å². The maximum absolute atomic E-state index is 14.5. The van der Waals surface area contributed by atoms with Crippen LogP contribution in [0.4, 0.5) is 39.9 Å². The molecule has 2 aliphatic rings. The smallest absolute Gasteiger partial charge is 0.416 e. The first-order valence-electron chi connectivity index (χ1n) is 10.7. The van der Waals surface area contributed by atoms with Gasteiger partial charge in [-0.25, -0.2) is 13.6 Å². The molecule has 1 spiro atoms. The lowest BCUT2D eigenvalue weighted by Crippen LogP contribution is -2.58. The number of amides is 2. The average molecular weight is 522 g/mol. The molecule has 2 aliphatic heterocycles. The molecule has 2 aromatic rings. The molecule has 36 heavy (non-hydrogen) atoms. The van der Waals surface area contributed by atoms with Crippen molar-refractivity contribution in [2.45, 2.75) is 36.7 Å². The lowest BCUT2D eigenvalue weighted by atomic mass is 9.74. The zero-order valence-corrected chi connectivity index (χ0v) is 18.3. The molecule has 1 atom stereocenters. The normalized spacial score (nSPS) is 20.2. The third kappa shape index (κ3) is 4.82. The molecule has 1 N–H and O–H groups in total. The summed E-state index contributed by atoms with van der Waals surface area (Å²) in [6.45, 7) is -0.524. The van der Waals surface area contributed by atoms with Crippen molar-refractivity contribution < 1.29 is 49.4 Å². The number of alkyl carbamates (subject to hydrolysis) is 1. The predicted molar refractivity (Wildman–Crippen MR) is 108 cm³/mol. The summed E-state index contributed by atoms with van der Waals surface area (Å²) in [5.74, 6) is -4.18. The molecule has 2 aromatic carbocycles. The zero-order chi connectivity index (χ0) is 26.5. The monoisotopic (exact) mass is 522 g/mol. The Kier molecular flexibility index (Phi) is 6.38. The van der Waals surface area contributed by atoms with Crippen molar-refractivity contribution in [3.63, 3.8) is 0 Å². The van der Waals surface area contributed by atoms with Crippen molar-refractivity contribution in [1.82, 2.24) is 10.2 Å². The van der Waals surface area contributed by atoms with Crippen LogP contribution in [0.15, 0.2) is 36.4 Å². The first kappa shape index (κ1) is 25.7. The van der Waals surface area contributed by atoms with Gasteiger partial charge in [-0.3, -0.25) is 4.79 Å². The van der Waals surface area contributed by atoms with E-state index >= 15 is 0 Å². The van der Waals surface area contributed by atoms with Crippen molar-refractivity contribution in [1.29, 1.82) is 0 Å². The number of rotatable bonds is 2. The highest BCUT2D eigenvalue weighted by Crippen LogP contribution is 2.43. The Hall–Kier alpha value is -3.38. The van der Waals surface area contributed by atoms with Crippen LogP contribution in [0.25, 0.3) is 0 Å². The van der Waals surface area contributed by atoms with Crippen molar-refractivity contribution in [2.24, 2.45) is 0 Å². The number of carbonyl (C=O) groups excluding carboxylic acids is 2. The van der Waals surface area contributed by atoms with Gasteiger partial charge in [0.25, 0.3) is 5.91 Å². The first-order valence-corrected chi connectivity index (χ1v) is 10.7. The van der Waals surface area contributed by atoms with Crippen LogP contribution in [0.2, 0.25) is 0 Å². The fourth-order valence-corrected chi connectivity index (χ4v) is 4.65. The van der Waals surface area contributed by atoms with E-state index in [2.05, 4.69) is 5.32 Å². The van der Waals surface area contributed by atoms with Gasteiger partial charge in [-0.1, -0.05) is 12.1 Å². The van der Waals surface area contributed by atoms with E-state index in [9.17, 15) is 44.7 Å². The molecular weight excluding hydrogens is 504 g/mol. The second kappa shape index (κ2) is 8.93. The molecule has 0 aromatic heterocycles. The van der Waals surface area contributed by atoms with E-state index in [0.717, 1.165) is 11.0 Å². The molecule has 13 heteroatoms. The number of benzene rings is 2. The minimum Gasteiger partial charge on any atom is -0.442 e. The van der Waals surface area contributed by atoms with Gasteiger partial charge in [0.15, 0.2) is 11.6 Å². The molecular formula is C23H18F8N2O3. The summed E-state index contributed by atoms with van der Waals surface area (Å²) in [6.07, 6.45) is -11.3. The topological polar surface area (TPSA) is 58.6 Å². The summed E-state index contributed by atoms with van der Waals surface area (Å²) in [5, 5.41) is 2.41. The number of nitrogens with zero attached hydrogens (tertiary/aromatic N) is 1. The first-order chi connectivity index (χ1) is 16.7. The maximum atomic E-state index is 14.5. The number of nitrogens with one attached hydrogen (secondary N) is 1. The Balaban J connectivity index is 1.61. The number of halogens is 8. The van der Waals surface area contributed by atoms with Gasteiger partial charge in [0, 0.05) is 44.0 Å². The van der Waals surface area contributed by atoms with E-state index in [1.807, 2.05) is 0 Å². The van der Waals surface area contributed by atoms with Gasteiger partial charge >= 0.3 is 18.4 Å². The van der Waals surface area contributed by atoms with E-state index in [0.29, 0.717) is 12.1 Å². The summed E-state index contributed by atoms with van der Waals surface area (Å²) < 4.78 is 113. The lowest BCUT2D eigenvalue weighted by molar-refractivity contribution is -0.143. The highest BCUT2D eigenvalue weighted by Gasteiger charge is 2.50. The number of likely N-dealkylation sites (tertiary alicyclic amines) is 1. The molecule has 2 amide bonds. The van der Waals surface area contributed by atoms with E-state index < -0.39 is 64.2 Å². The number of alkyl halides is 6. The molecule has 5 nitrogen and oxygen atoms in total. The van der Waals surface area contributed by atoms with Gasteiger partial charge in [0.2, 0.25) is 0 Å². The number of ether oxygens (including phenoxy) is 1. The quantitative estimate of drug-likeness (QED) is 0.530. The van der Waals surface area contributed by atoms with E-state index in [-0.39, 0.29) is 44.1 Å². The fraction of sp³-hybridized carbons (Fsp3) is 0.391. The van der Waals surface area contributed by atoms with Crippen molar-refractivity contribution in [3.8, 4) is 0 Å². The van der Waals surface area contributed by atoms with E-state index in [1.165, 1.54) is 12.1 Å². The number of carbonyl (C=O) groups is 2. The van der Waals surface area contributed by atoms with Crippen LogP contribution in [0, 0.1) is 11.6 Å². The largest absolute Gasteiger partial charge is 0.442 e. The molecule has 0 aliphatic carbocycles. The lowest BCUT2D eigenvalue weighted by Gasteiger charge is -2.48. The van der Waals surface area contributed by atoms with Crippen LogP contribution in [-0.2, 0) is 17.1 Å². The van der Waals surface area contributed by atoms with Crippen LogP contribution >= 0.6 is 0 Å². The Morgan fingerprint density at radius 1 is 0.972 bits per heavy atom. The van der Waals surface area contributed by atoms with Crippen molar-refractivity contribution in [2.75, 3.05) is 19.6 Å². The second-order valence-electron chi connectivity index (χ2n) is 8.62. The zero-order valence-electron chi connectivity index (χ0n) is 18.3. The summed E-state index contributed by atoms with van der Waals surface area (Å²) in [6, 6.07) is 4.13. The molecule has 0 saturated carbocycles. The van der Waals surface area contributed by atoms with Crippen LogP contribution in [0.5, 0.6) is 0 Å². The molecule has 2 fully saturated rings. The molecule has 1 unspecified atom stereocenters. The SMILES string of the molecule is O=C1NCC(c2cccc(F)c2F)C2(CCN(C(=O)c3cc(C(F)(F)F)cc(C(F)(F)F)c3)CC2)O1. The summed E-state index contributed by atoms with van der Waals surface area (Å²) in [4.78, 5) is 25.9. The van der Waals surface area contributed by atoms with Gasteiger partial charge < -0.3 is 15.0 Å². The average Bonchev–Trinajstić information content (AvgIpc) is 2.80. The highest BCUT2D eigenvalue weighted by atomic mass is 19.4. The Bertz CT molecular complexity index is 1150. The maximum Gasteiger partial charge on any atom is 0.416 e. The van der Waals surface area contributed by atoms with Crippen molar-refractivity contribution >= 4 is 12.0 Å². The van der Waals surface area contributed by atoms with Gasteiger partial charge in [0.1, 0.15) is 5.60 Å². The summed E-state index contributed by atoms with van der Waals surface area (Å²) >= 11 is 0. The van der Waals surface area contributed by atoms with Gasteiger partial charge in [-0.15, -0.1) is 0 Å². The van der Waals surface area contributed by atoms with Gasteiger partial charge in [-0.2, -0.15) is 26.3 Å². The van der Waals surface area contributed by atoms with Crippen LogP contribution in [0.1, 0.15) is 45.8 Å². The number of hydrogen-bond acceptors (Lipinski definition) is 3. The Morgan fingerprint density at radius 2 is 1.56 bits per heavy atom. The standard InChI is InChI=1S/C23H18F8N2O3/c24-17-3-1-2-15(18(17)25)16-11-32-20(35)36-21(16)4-6-33(7-5-21)19(34)12-8-13(22(26,27)28)10-14(9-12)23(29,30)31/h1-3,8-10,16H,4-7,11H2,(H,32,35). The minimum atomic E-state index is -5.12. The van der Waals surface area contributed by atoms with Gasteiger partial charge in [-0.05, 0) is 29.8 Å². The summed E-state index contributed by atoms with van der Waals surface area (Å²) in [5.41, 5.74) is -5.48. The Morgan fingerprint density at radius 3 is 2.11 bits per heavy atom. The molecule has 4 rings (SSSR count).